The highest BCUT2D eigenvalue weighted by Gasteiger charge is 2.13. The molecule has 0 saturated heterocycles. The average Bonchev–Trinajstić information content (AvgIpc) is 2.03. The molecule has 4 nitrogen and oxygen atoms in total. The van der Waals surface area contributed by atoms with E-state index in [-0.39, 0.29) is 18.6 Å². The van der Waals surface area contributed by atoms with E-state index in [1.54, 1.807) is 13.0 Å². The van der Waals surface area contributed by atoms with Crippen molar-refractivity contribution in [1.29, 1.82) is 0 Å². The number of carbonyl (C=O) groups excluding carboxylic acids is 1. The molecule has 0 fully saturated rings. The molecule has 0 unspecified atom stereocenters. The Morgan fingerprint density at radius 3 is 2.38 bits per heavy atom. The standard InChI is InChI=1S/C9H14O4/c1-3-5-7(6-8(10)11)9(12)13-4-2/h5H,3-4,6H2,1-2H3,(H,10,11)/b7-5-. The largest absolute Gasteiger partial charge is 0.481 e. The van der Waals surface area contributed by atoms with Crippen LogP contribution in [0.15, 0.2) is 11.6 Å². The average molecular weight is 186 g/mol. The summed E-state index contributed by atoms with van der Waals surface area (Å²) in [4.78, 5) is 21.5. The van der Waals surface area contributed by atoms with Crippen molar-refractivity contribution in [3.63, 3.8) is 0 Å². The first-order valence-electron chi connectivity index (χ1n) is 4.19. The van der Waals surface area contributed by atoms with Crippen LogP contribution in [0.2, 0.25) is 0 Å². The molecule has 0 aliphatic carbocycles. The molecule has 1 N–H and O–H groups in total. The van der Waals surface area contributed by atoms with E-state index in [0.29, 0.717) is 6.42 Å². The predicted molar refractivity (Wildman–Crippen MR) is 47.3 cm³/mol. The van der Waals surface area contributed by atoms with Gasteiger partial charge in [-0.05, 0) is 13.3 Å². The first-order chi connectivity index (χ1) is 6.11. The van der Waals surface area contributed by atoms with Crippen LogP contribution in [0.5, 0.6) is 0 Å². The first kappa shape index (κ1) is 11.7. The van der Waals surface area contributed by atoms with Gasteiger partial charge in [-0.1, -0.05) is 13.0 Å². The van der Waals surface area contributed by atoms with E-state index < -0.39 is 11.9 Å². The summed E-state index contributed by atoms with van der Waals surface area (Å²) in [5.74, 6) is -1.56. The van der Waals surface area contributed by atoms with Crippen molar-refractivity contribution in [2.45, 2.75) is 26.7 Å². The number of aliphatic carboxylic acids is 1. The fourth-order valence-electron chi connectivity index (χ4n) is 0.861. The summed E-state index contributed by atoms with van der Waals surface area (Å²) in [7, 11) is 0. The van der Waals surface area contributed by atoms with Crippen LogP contribution in [0.4, 0.5) is 0 Å². The molecule has 0 radical (unpaired) electrons. The molecule has 0 atom stereocenters. The van der Waals surface area contributed by atoms with E-state index in [1.165, 1.54) is 0 Å². The van der Waals surface area contributed by atoms with E-state index >= 15 is 0 Å². The summed E-state index contributed by atoms with van der Waals surface area (Å²) >= 11 is 0. The number of ether oxygens (including phenoxy) is 1. The summed E-state index contributed by atoms with van der Waals surface area (Å²) in [6.45, 7) is 3.78. The van der Waals surface area contributed by atoms with Crippen LogP contribution >= 0.6 is 0 Å². The molecular weight excluding hydrogens is 172 g/mol. The second kappa shape index (κ2) is 6.22. The maximum Gasteiger partial charge on any atom is 0.334 e. The molecule has 0 amide bonds. The molecule has 0 aromatic rings. The smallest absolute Gasteiger partial charge is 0.334 e. The van der Waals surface area contributed by atoms with Gasteiger partial charge in [0.25, 0.3) is 0 Å². The Kier molecular flexibility index (Phi) is 5.59. The summed E-state index contributed by atoms with van der Waals surface area (Å²) in [6, 6.07) is 0. The van der Waals surface area contributed by atoms with E-state index in [9.17, 15) is 9.59 Å². The molecule has 0 aliphatic heterocycles. The summed E-state index contributed by atoms with van der Waals surface area (Å²) in [5.41, 5.74) is 0.219. The van der Waals surface area contributed by atoms with Gasteiger partial charge in [0.05, 0.1) is 13.0 Å². The van der Waals surface area contributed by atoms with Gasteiger partial charge in [-0.2, -0.15) is 0 Å². The van der Waals surface area contributed by atoms with Gasteiger partial charge < -0.3 is 9.84 Å². The van der Waals surface area contributed by atoms with Crippen molar-refractivity contribution in [3.8, 4) is 0 Å². The topological polar surface area (TPSA) is 63.6 Å². The number of hydrogen-bond donors (Lipinski definition) is 1. The molecular formula is C9H14O4. The number of carbonyl (C=O) groups is 2. The van der Waals surface area contributed by atoms with Crippen molar-refractivity contribution in [2.24, 2.45) is 0 Å². The Balaban J connectivity index is 4.33. The van der Waals surface area contributed by atoms with Crippen LogP contribution in [0.25, 0.3) is 0 Å². The molecule has 0 aromatic heterocycles. The fourth-order valence-corrected chi connectivity index (χ4v) is 0.861. The van der Waals surface area contributed by atoms with Crippen LogP contribution in [-0.4, -0.2) is 23.7 Å². The Labute approximate surface area is 77.2 Å². The monoisotopic (exact) mass is 186 g/mol. The van der Waals surface area contributed by atoms with Crippen molar-refractivity contribution in [3.05, 3.63) is 11.6 Å². The van der Waals surface area contributed by atoms with Gasteiger partial charge in [-0.3, -0.25) is 4.79 Å². The zero-order valence-electron chi connectivity index (χ0n) is 7.87. The van der Waals surface area contributed by atoms with Crippen LogP contribution in [-0.2, 0) is 14.3 Å². The predicted octanol–water partition coefficient (Wildman–Crippen LogP) is 1.36. The van der Waals surface area contributed by atoms with Gasteiger partial charge in [0, 0.05) is 5.57 Å². The number of rotatable bonds is 5. The molecule has 13 heavy (non-hydrogen) atoms. The fraction of sp³-hybridized carbons (Fsp3) is 0.556. The van der Waals surface area contributed by atoms with Crippen LogP contribution in [0.1, 0.15) is 26.7 Å². The van der Waals surface area contributed by atoms with E-state index in [4.69, 9.17) is 5.11 Å². The van der Waals surface area contributed by atoms with E-state index in [1.807, 2.05) is 6.92 Å². The maximum absolute atomic E-state index is 11.1. The second-order valence-corrected chi connectivity index (χ2v) is 2.43. The number of esters is 1. The maximum atomic E-state index is 11.1. The number of allylic oxidation sites excluding steroid dienone is 1. The van der Waals surface area contributed by atoms with Crippen molar-refractivity contribution in [1.82, 2.24) is 0 Å². The zero-order chi connectivity index (χ0) is 10.3. The lowest BCUT2D eigenvalue weighted by atomic mass is 10.1. The number of carboxylic acids is 1. The minimum atomic E-state index is -1.02. The van der Waals surface area contributed by atoms with Gasteiger partial charge in [0.15, 0.2) is 0 Å². The zero-order valence-corrected chi connectivity index (χ0v) is 7.87. The highest BCUT2D eigenvalue weighted by Crippen LogP contribution is 2.05. The molecule has 74 valence electrons. The highest BCUT2D eigenvalue weighted by molar-refractivity contribution is 5.93. The minimum Gasteiger partial charge on any atom is -0.481 e. The molecule has 0 rings (SSSR count). The summed E-state index contributed by atoms with van der Waals surface area (Å²) in [6.07, 6.45) is 1.93. The Bertz CT molecular complexity index is 218. The lowest BCUT2D eigenvalue weighted by Crippen LogP contribution is -2.11. The first-order valence-corrected chi connectivity index (χ1v) is 4.19. The SMILES string of the molecule is CC/C=C(/CC(=O)O)C(=O)OCC. The lowest BCUT2D eigenvalue weighted by Gasteiger charge is -2.03. The third-order valence-corrected chi connectivity index (χ3v) is 1.33. The van der Waals surface area contributed by atoms with Gasteiger partial charge in [-0.25, -0.2) is 4.79 Å². The van der Waals surface area contributed by atoms with Gasteiger partial charge >= 0.3 is 11.9 Å². The third kappa shape index (κ3) is 5.00. The lowest BCUT2D eigenvalue weighted by molar-refractivity contribution is -0.142. The van der Waals surface area contributed by atoms with Crippen LogP contribution in [0.3, 0.4) is 0 Å². The van der Waals surface area contributed by atoms with Crippen molar-refractivity contribution >= 4 is 11.9 Å². The minimum absolute atomic E-state index is 0.219. The van der Waals surface area contributed by atoms with Crippen molar-refractivity contribution < 1.29 is 19.4 Å². The number of carboxylic acid groups (broad SMARTS) is 1. The molecule has 4 heteroatoms. The Morgan fingerprint density at radius 2 is 2.00 bits per heavy atom. The summed E-state index contributed by atoms with van der Waals surface area (Å²) in [5, 5.41) is 8.48. The molecule has 0 aromatic carbocycles. The molecule has 0 bridgehead atoms. The normalized spacial score (nSPS) is 11.1. The summed E-state index contributed by atoms with van der Waals surface area (Å²) < 4.78 is 4.69. The van der Waals surface area contributed by atoms with Gasteiger partial charge in [-0.15, -0.1) is 0 Å². The highest BCUT2D eigenvalue weighted by atomic mass is 16.5. The third-order valence-electron chi connectivity index (χ3n) is 1.33. The Morgan fingerprint density at radius 1 is 1.38 bits per heavy atom. The second-order valence-electron chi connectivity index (χ2n) is 2.43. The molecule has 0 aliphatic rings. The van der Waals surface area contributed by atoms with Crippen LogP contribution < -0.4 is 0 Å². The van der Waals surface area contributed by atoms with Gasteiger partial charge in [0.1, 0.15) is 0 Å². The van der Waals surface area contributed by atoms with Crippen LogP contribution in [0, 0.1) is 0 Å². The van der Waals surface area contributed by atoms with Gasteiger partial charge in [0.2, 0.25) is 0 Å². The molecule has 0 saturated carbocycles. The van der Waals surface area contributed by atoms with E-state index in [2.05, 4.69) is 4.74 Å². The molecule has 0 spiro atoms. The van der Waals surface area contributed by atoms with Crippen molar-refractivity contribution in [2.75, 3.05) is 6.61 Å². The quantitative estimate of drug-likeness (QED) is 0.520. The number of hydrogen-bond acceptors (Lipinski definition) is 3. The molecule has 0 heterocycles. The van der Waals surface area contributed by atoms with E-state index in [0.717, 1.165) is 0 Å². The Hall–Kier alpha value is -1.32.